The van der Waals surface area contributed by atoms with Crippen LogP contribution in [0.4, 0.5) is 5.69 Å². The molecule has 19 heavy (non-hydrogen) atoms. The Balaban J connectivity index is 1.94. The fourth-order valence-electron chi connectivity index (χ4n) is 1.78. The summed E-state index contributed by atoms with van der Waals surface area (Å²) in [5.41, 5.74) is 3.52. The minimum Gasteiger partial charge on any atom is -0.348 e. The maximum Gasteiger partial charge on any atom is 0.173 e. The van der Waals surface area contributed by atoms with Gasteiger partial charge in [0.1, 0.15) is 0 Å². The first-order chi connectivity index (χ1) is 9.15. The van der Waals surface area contributed by atoms with E-state index < -0.39 is 0 Å². The lowest BCUT2D eigenvalue weighted by Gasteiger charge is -2.21. The van der Waals surface area contributed by atoms with Crippen LogP contribution in [0.15, 0.2) is 54.6 Å². The molecule has 2 aromatic carbocycles. The van der Waals surface area contributed by atoms with Crippen molar-refractivity contribution in [3.05, 3.63) is 65.7 Å². The average Bonchev–Trinajstić information content (AvgIpc) is 2.42. The van der Waals surface area contributed by atoms with Gasteiger partial charge in [0.2, 0.25) is 0 Å². The van der Waals surface area contributed by atoms with Gasteiger partial charge in [0.25, 0.3) is 0 Å². The van der Waals surface area contributed by atoms with Crippen molar-refractivity contribution in [2.45, 2.75) is 13.5 Å². The molecule has 0 spiro atoms. The maximum atomic E-state index is 5.41. The van der Waals surface area contributed by atoms with E-state index in [0.29, 0.717) is 0 Å². The summed E-state index contributed by atoms with van der Waals surface area (Å²) in [5, 5.41) is 3.98. The van der Waals surface area contributed by atoms with E-state index in [1.165, 1.54) is 11.1 Å². The van der Waals surface area contributed by atoms with E-state index in [2.05, 4.69) is 36.5 Å². The highest BCUT2D eigenvalue weighted by Gasteiger charge is 2.05. The van der Waals surface area contributed by atoms with Crippen molar-refractivity contribution in [2.24, 2.45) is 0 Å². The fourth-order valence-corrected chi connectivity index (χ4v) is 1.97. The lowest BCUT2D eigenvalue weighted by molar-refractivity contribution is 0.508. The van der Waals surface area contributed by atoms with Crippen molar-refractivity contribution in [1.82, 2.24) is 4.90 Å². The lowest BCUT2D eigenvalue weighted by Crippen LogP contribution is -2.30. The predicted molar refractivity (Wildman–Crippen MR) is 85.3 cm³/mol. The van der Waals surface area contributed by atoms with Gasteiger partial charge < -0.3 is 10.2 Å². The molecule has 0 atom stereocenters. The van der Waals surface area contributed by atoms with Gasteiger partial charge in [-0.3, -0.25) is 0 Å². The van der Waals surface area contributed by atoms with Crippen LogP contribution in [-0.4, -0.2) is 17.1 Å². The zero-order valence-electron chi connectivity index (χ0n) is 11.3. The SMILES string of the molecule is Cc1ccc(NC(=S)N(C)Cc2ccccc2)cc1. The van der Waals surface area contributed by atoms with E-state index in [9.17, 15) is 0 Å². The summed E-state index contributed by atoms with van der Waals surface area (Å²) in [6, 6.07) is 18.5. The highest BCUT2D eigenvalue weighted by molar-refractivity contribution is 7.80. The highest BCUT2D eigenvalue weighted by Crippen LogP contribution is 2.10. The van der Waals surface area contributed by atoms with Crippen molar-refractivity contribution in [3.8, 4) is 0 Å². The Labute approximate surface area is 120 Å². The molecule has 3 heteroatoms. The Bertz CT molecular complexity index is 534. The van der Waals surface area contributed by atoms with Crippen molar-refractivity contribution in [1.29, 1.82) is 0 Å². The first-order valence-corrected chi connectivity index (χ1v) is 6.69. The average molecular weight is 270 g/mol. The Kier molecular flexibility index (Phi) is 4.53. The molecular formula is C16H18N2S. The van der Waals surface area contributed by atoms with Crippen LogP contribution in [0.1, 0.15) is 11.1 Å². The Morgan fingerprint density at radius 2 is 1.68 bits per heavy atom. The molecule has 0 unspecified atom stereocenters. The van der Waals surface area contributed by atoms with Crippen molar-refractivity contribution < 1.29 is 0 Å². The van der Waals surface area contributed by atoms with Crippen LogP contribution in [0, 0.1) is 6.92 Å². The van der Waals surface area contributed by atoms with Crippen LogP contribution in [0.3, 0.4) is 0 Å². The molecule has 0 saturated heterocycles. The monoisotopic (exact) mass is 270 g/mol. The molecule has 0 amide bonds. The fraction of sp³-hybridized carbons (Fsp3) is 0.188. The highest BCUT2D eigenvalue weighted by atomic mass is 32.1. The molecule has 0 bridgehead atoms. The number of nitrogens with one attached hydrogen (secondary N) is 1. The topological polar surface area (TPSA) is 15.3 Å². The molecule has 0 aromatic heterocycles. The third-order valence-corrected chi connectivity index (χ3v) is 3.33. The normalized spacial score (nSPS) is 10.0. The number of aryl methyl sites for hydroxylation is 1. The van der Waals surface area contributed by atoms with Crippen molar-refractivity contribution in [2.75, 3.05) is 12.4 Å². The van der Waals surface area contributed by atoms with Gasteiger partial charge in [-0.25, -0.2) is 0 Å². The molecule has 0 aliphatic heterocycles. The standard InChI is InChI=1S/C16H18N2S/c1-13-8-10-15(11-9-13)17-16(19)18(2)12-14-6-4-3-5-7-14/h3-11H,12H2,1-2H3,(H,17,19). The van der Waals surface area contributed by atoms with E-state index in [0.717, 1.165) is 17.3 Å². The molecule has 2 rings (SSSR count). The van der Waals surface area contributed by atoms with E-state index in [-0.39, 0.29) is 0 Å². The molecule has 1 N–H and O–H groups in total. The lowest BCUT2D eigenvalue weighted by atomic mass is 10.2. The number of hydrogen-bond acceptors (Lipinski definition) is 1. The van der Waals surface area contributed by atoms with Gasteiger partial charge in [0.15, 0.2) is 5.11 Å². The second-order valence-electron chi connectivity index (χ2n) is 4.64. The molecule has 0 heterocycles. The van der Waals surface area contributed by atoms with E-state index in [1.807, 2.05) is 42.3 Å². The zero-order chi connectivity index (χ0) is 13.7. The zero-order valence-corrected chi connectivity index (χ0v) is 12.1. The van der Waals surface area contributed by atoms with Gasteiger partial charge in [-0.1, -0.05) is 48.0 Å². The third-order valence-electron chi connectivity index (χ3n) is 2.91. The summed E-state index contributed by atoms with van der Waals surface area (Å²) < 4.78 is 0. The number of nitrogens with zero attached hydrogens (tertiary/aromatic N) is 1. The van der Waals surface area contributed by atoms with Crippen LogP contribution in [-0.2, 0) is 6.54 Å². The maximum absolute atomic E-state index is 5.41. The van der Waals surface area contributed by atoms with E-state index in [4.69, 9.17) is 12.2 Å². The predicted octanol–water partition coefficient (Wildman–Crippen LogP) is 3.82. The van der Waals surface area contributed by atoms with Crippen LogP contribution in [0.2, 0.25) is 0 Å². The molecule has 0 aliphatic carbocycles. The van der Waals surface area contributed by atoms with Gasteiger partial charge in [-0.2, -0.15) is 0 Å². The minimum absolute atomic E-state index is 0.729. The summed E-state index contributed by atoms with van der Waals surface area (Å²) in [4.78, 5) is 2.03. The first kappa shape index (κ1) is 13.6. The van der Waals surface area contributed by atoms with E-state index >= 15 is 0 Å². The number of rotatable bonds is 3. The van der Waals surface area contributed by atoms with Crippen LogP contribution >= 0.6 is 12.2 Å². The summed E-state index contributed by atoms with van der Waals surface area (Å²) >= 11 is 5.41. The summed E-state index contributed by atoms with van der Waals surface area (Å²) in [6.45, 7) is 2.88. The molecule has 0 radical (unpaired) electrons. The quantitative estimate of drug-likeness (QED) is 0.854. The number of thiocarbonyl (C=S) groups is 1. The summed E-state index contributed by atoms with van der Waals surface area (Å²) in [5.74, 6) is 0. The third kappa shape index (κ3) is 4.07. The second kappa shape index (κ2) is 6.34. The Morgan fingerprint density at radius 1 is 1.05 bits per heavy atom. The summed E-state index contributed by atoms with van der Waals surface area (Å²) in [6.07, 6.45) is 0. The molecular weight excluding hydrogens is 252 g/mol. The smallest absolute Gasteiger partial charge is 0.173 e. The van der Waals surface area contributed by atoms with E-state index in [1.54, 1.807) is 0 Å². The molecule has 0 fully saturated rings. The van der Waals surface area contributed by atoms with Crippen molar-refractivity contribution >= 4 is 23.0 Å². The van der Waals surface area contributed by atoms with Gasteiger partial charge in [-0.05, 0) is 36.8 Å². The first-order valence-electron chi connectivity index (χ1n) is 6.28. The van der Waals surface area contributed by atoms with Gasteiger partial charge in [0, 0.05) is 19.3 Å². The Hall–Kier alpha value is -1.87. The Morgan fingerprint density at radius 3 is 2.32 bits per heavy atom. The van der Waals surface area contributed by atoms with Crippen molar-refractivity contribution in [3.63, 3.8) is 0 Å². The minimum atomic E-state index is 0.729. The molecule has 98 valence electrons. The second-order valence-corrected chi connectivity index (χ2v) is 5.02. The van der Waals surface area contributed by atoms with Gasteiger partial charge in [-0.15, -0.1) is 0 Å². The number of anilines is 1. The molecule has 0 aliphatic rings. The van der Waals surface area contributed by atoms with Gasteiger partial charge in [0.05, 0.1) is 0 Å². The molecule has 0 saturated carbocycles. The molecule has 2 nitrogen and oxygen atoms in total. The van der Waals surface area contributed by atoms with Crippen LogP contribution in [0.25, 0.3) is 0 Å². The number of benzene rings is 2. The van der Waals surface area contributed by atoms with Crippen LogP contribution in [0.5, 0.6) is 0 Å². The largest absolute Gasteiger partial charge is 0.348 e. The van der Waals surface area contributed by atoms with Crippen LogP contribution < -0.4 is 5.32 Å². The van der Waals surface area contributed by atoms with Gasteiger partial charge >= 0.3 is 0 Å². The summed E-state index contributed by atoms with van der Waals surface area (Å²) in [7, 11) is 2.00. The number of hydrogen-bond donors (Lipinski definition) is 1. The molecule has 2 aromatic rings.